The third-order valence-corrected chi connectivity index (χ3v) is 3.55. The molecule has 1 aromatic heterocycles. The van der Waals surface area contributed by atoms with Gasteiger partial charge in [0.15, 0.2) is 6.23 Å². The molecule has 1 aromatic rings. The lowest BCUT2D eigenvalue weighted by Gasteiger charge is -2.30. The van der Waals surface area contributed by atoms with E-state index in [2.05, 4.69) is 4.98 Å². The van der Waals surface area contributed by atoms with Crippen molar-refractivity contribution in [3.8, 4) is 0 Å². The van der Waals surface area contributed by atoms with Crippen LogP contribution in [0.1, 0.15) is 20.9 Å². The van der Waals surface area contributed by atoms with Gasteiger partial charge in [-0.05, 0) is 6.40 Å². The Balaban J connectivity index is 2.01. The van der Waals surface area contributed by atoms with Gasteiger partial charge < -0.3 is 14.6 Å². The summed E-state index contributed by atoms with van der Waals surface area (Å²) in [5.41, 5.74) is -2.26. The molecule has 0 unspecified atom stereocenters. The maximum Gasteiger partial charge on any atom is 0.330 e. The molecule has 0 radical (unpaired) electrons. The summed E-state index contributed by atoms with van der Waals surface area (Å²) in [6.45, 7) is 1.73. The van der Waals surface area contributed by atoms with E-state index in [1.165, 1.54) is 16.8 Å². The molecule has 2 aliphatic rings. The summed E-state index contributed by atoms with van der Waals surface area (Å²) in [5.74, 6) is 0. The average molecular weight is 255 g/mol. The van der Waals surface area contributed by atoms with E-state index >= 15 is 0 Å². The maximum absolute atomic E-state index is 11.7. The molecule has 3 rings (SSSR count). The fourth-order valence-corrected chi connectivity index (χ4v) is 2.48. The second-order valence-corrected chi connectivity index (χ2v) is 4.49. The number of hydrogen-bond donors (Lipinski definition) is 2. The smallest absolute Gasteiger partial charge is 0.330 e. The zero-order valence-corrected chi connectivity index (χ0v) is 9.70. The van der Waals surface area contributed by atoms with Crippen molar-refractivity contribution in [1.82, 2.24) is 9.55 Å². The number of aromatic nitrogens is 2. The van der Waals surface area contributed by atoms with Gasteiger partial charge in [0.2, 0.25) is 0 Å². The standard InChI is InChI=1S/C11H14N2O5/c1-2-11-5-17-7(8(11)15)9(18-11)13-4-3-6(14)12-10(13)16/h3-4,7-9,15H,2,5H2,1H3,(H,12,14,16)/t7-,8+,9+,11+/m0/s1/i2D/t2-,7-,8+,9+,11+. The summed E-state index contributed by atoms with van der Waals surface area (Å²) < 4.78 is 20.1. The quantitative estimate of drug-likeness (QED) is 0.705. The molecule has 98 valence electrons. The zero-order valence-electron chi connectivity index (χ0n) is 10.7. The minimum atomic E-state index is -1.12. The van der Waals surface area contributed by atoms with Crippen LogP contribution in [0, 0.1) is 0 Å². The highest BCUT2D eigenvalue weighted by Gasteiger charge is 2.60. The number of fused-ring (bicyclic) bond motifs is 2. The van der Waals surface area contributed by atoms with Gasteiger partial charge in [-0.1, -0.05) is 6.92 Å². The normalized spacial score (nSPS) is 40.8. The van der Waals surface area contributed by atoms with Crippen LogP contribution < -0.4 is 11.2 Å². The Kier molecular flexibility index (Phi) is 2.20. The number of nitrogens with zero attached hydrogens (tertiary/aromatic N) is 1. The van der Waals surface area contributed by atoms with Crippen molar-refractivity contribution in [2.24, 2.45) is 0 Å². The average Bonchev–Trinajstić information content (AvgIpc) is 2.81. The van der Waals surface area contributed by atoms with E-state index in [0.29, 0.717) is 0 Å². The molecule has 7 heteroatoms. The first-order valence-corrected chi connectivity index (χ1v) is 5.67. The summed E-state index contributed by atoms with van der Waals surface area (Å²) in [6.07, 6.45) is -1.91. The lowest BCUT2D eigenvalue weighted by Crippen LogP contribution is -2.41. The van der Waals surface area contributed by atoms with E-state index in [4.69, 9.17) is 10.8 Å². The summed E-state index contributed by atoms with van der Waals surface area (Å²) in [5, 5.41) is 10.2. The number of rotatable bonds is 2. The van der Waals surface area contributed by atoms with Crippen molar-refractivity contribution in [2.75, 3.05) is 6.61 Å². The molecule has 5 atom stereocenters. The molecular formula is C11H14N2O5. The van der Waals surface area contributed by atoms with Crippen LogP contribution in [0.2, 0.25) is 0 Å². The van der Waals surface area contributed by atoms with Gasteiger partial charge in [0.1, 0.15) is 17.8 Å². The van der Waals surface area contributed by atoms with Gasteiger partial charge in [0.25, 0.3) is 5.56 Å². The maximum atomic E-state index is 11.7. The number of ether oxygens (including phenoxy) is 2. The fourth-order valence-electron chi connectivity index (χ4n) is 2.48. The highest BCUT2D eigenvalue weighted by Crippen LogP contribution is 2.45. The minimum absolute atomic E-state index is 0.123. The molecule has 0 aromatic carbocycles. The number of nitrogens with one attached hydrogen (secondary N) is 1. The van der Waals surface area contributed by atoms with Crippen molar-refractivity contribution >= 4 is 0 Å². The molecule has 2 N–H and O–H groups in total. The van der Waals surface area contributed by atoms with Crippen LogP contribution in [0.5, 0.6) is 0 Å². The van der Waals surface area contributed by atoms with Gasteiger partial charge in [-0.3, -0.25) is 14.3 Å². The van der Waals surface area contributed by atoms with Crippen molar-refractivity contribution in [3.05, 3.63) is 33.1 Å². The zero-order chi connectivity index (χ0) is 13.8. The van der Waals surface area contributed by atoms with Gasteiger partial charge >= 0.3 is 5.69 Å². The third-order valence-electron chi connectivity index (χ3n) is 3.55. The Morgan fingerprint density at radius 3 is 3.11 bits per heavy atom. The van der Waals surface area contributed by atoms with E-state index in [-0.39, 0.29) is 6.61 Å². The van der Waals surface area contributed by atoms with E-state index in [1.807, 2.05) is 0 Å². The van der Waals surface area contributed by atoms with Crippen LogP contribution >= 0.6 is 0 Å². The molecule has 0 aliphatic carbocycles. The second-order valence-electron chi connectivity index (χ2n) is 4.49. The largest absolute Gasteiger partial charge is 0.387 e. The Morgan fingerprint density at radius 2 is 2.50 bits per heavy atom. The third kappa shape index (κ3) is 1.41. The molecule has 2 aliphatic heterocycles. The lowest BCUT2D eigenvalue weighted by molar-refractivity contribution is -0.175. The molecule has 3 heterocycles. The van der Waals surface area contributed by atoms with Gasteiger partial charge in [-0.25, -0.2) is 4.79 Å². The van der Waals surface area contributed by atoms with Crippen LogP contribution in [-0.4, -0.2) is 39.1 Å². The van der Waals surface area contributed by atoms with E-state index < -0.39 is 41.7 Å². The highest BCUT2D eigenvalue weighted by molar-refractivity contribution is 5.06. The van der Waals surface area contributed by atoms with Crippen LogP contribution in [0.4, 0.5) is 0 Å². The van der Waals surface area contributed by atoms with E-state index in [1.54, 1.807) is 6.92 Å². The number of aromatic amines is 1. The lowest BCUT2D eigenvalue weighted by atomic mass is 9.96. The summed E-state index contributed by atoms with van der Waals surface area (Å²) in [7, 11) is 0. The second kappa shape index (κ2) is 3.78. The van der Waals surface area contributed by atoms with E-state index in [0.717, 1.165) is 0 Å². The Morgan fingerprint density at radius 1 is 1.72 bits per heavy atom. The van der Waals surface area contributed by atoms with Crippen LogP contribution in [0.3, 0.4) is 0 Å². The van der Waals surface area contributed by atoms with Crippen molar-refractivity contribution in [1.29, 1.82) is 0 Å². The molecule has 0 spiro atoms. The predicted octanol–water partition coefficient (Wildman–Crippen LogP) is -1.03. The Hall–Kier alpha value is -1.44. The first-order valence-electron chi connectivity index (χ1n) is 6.24. The number of aliphatic hydroxyl groups is 1. The number of aliphatic hydroxyl groups excluding tert-OH is 1. The Bertz CT molecular complexity index is 612. The molecule has 7 nitrogen and oxygen atoms in total. The topological polar surface area (TPSA) is 93.6 Å². The first kappa shape index (κ1) is 10.5. The fraction of sp³-hybridized carbons (Fsp3) is 0.636. The molecule has 2 saturated heterocycles. The van der Waals surface area contributed by atoms with Crippen molar-refractivity contribution in [3.63, 3.8) is 0 Å². The highest BCUT2D eigenvalue weighted by atomic mass is 16.6. The Labute approximate surface area is 103 Å². The molecule has 2 bridgehead atoms. The van der Waals surface area contributed by atoms with Crippen molar-refractivity contribution < 1.29 is 16.0 Å². The van der Waals surface area contributed by atoms with Gasteiger partial charge in [-0.15, -0.1) is 0 Å². The summed E-state index contributed by atoms with van der Waals surface area (Å²) in [6, 6.07) is 1.19. The molecular weight excluding hydrogens is 240 g/mol. The van der Waals surface area contributed by atoms with Gasteiger partial charge in [0, 0.05) is 13.6 Å². The predicted molar refractivity (Wildman–Crippen MR) is 60.2 cm³/mol. The molecule has 0 amide bonds. The van der Waals surface area contributed by atoms with Gasteiger partial charge in [-0.2, -0.15) is 0 Å². The molecule has 2 fully saturated rings. The first-order chi connectivity index (χ1) is 8.95. The summed E-state index contributed by atoms with van der Waals surface area (Å²) in [4.78, 5) is 24.9. The van der Waals surface area contributed by atoms with E-state index in [9.17, 15) is 14.7 Å². The van der Waals surface area contributed by atoms with Gasteiger partial charge in [0.05, 0.1) is 6.61 Å². The van der Waals surface area contributed by atoms with Crippen LogP contribution in [0.25, 0.3) is 0 Å². The number of hydrogen-bond acceptors (Lipinski definition) is 5. The monoisotopic (exact) mass is 255 g/mol. The SMILES string of the molecule is [2H][C@@H](C)[C@]12CO[C@H]([C@H](n3ccc(=O)[nH]c3=O)O1)[C@H]2O. The van der Waals surface area contributed by atoms with Crippen LogP contribution in [-0.2, 0) is 9.47 Å². The molecule has 18 heavy (non-hydrogen) atoms. The molecule has 0 saturated carbocycles. The minimum Gasteiger partial charge on any atom is -0.387 e. The van der Waals surface area contributed by atoms with Crippen molar-refractivity contribution in [2.45, 2.75) is 37.4 Å². The summed E-state index contributed by atoms with van der Waals surface area (Å²) >= 11 is 0. The van der Waals surface area contributed by atoms with Crippen LogP contribution in [0.15, 0.2) is 21.9 Å². The number of H-pyrrole nitrogens is 1.